The lowest BCUT2D eigenvalue weighted by atomic mass is 9.92. The summed E-state index contributed by atoms with van der Waals surface area (Å²) in [7, 11) is 0. The van der Waals surface area contributed by atoms with E-state index in [-0.39, 0.29) is 5.69 Å². The number of nitrogens with zero attached hydrogens (tertiary/aromatic N) is 1. The van der Waals surface area contributed by atoms with Crippen LogP contribution in [-0.4, -0.2) is 10.8 Å². The van der Waals surface area contributed by atoms with Crippen molar-refractivity contribution >= 4 is 11.6 Å². The quantitative estimate of drug-likeness (QED) is 0.668. The molecule has 1 heterocycles. The van der Waals surface area contributed by atoms with Gasteiger partial charge in [-0.1, -0.05) is 24.3 Å². The first-order valence-electron chi connectivity index (χ1n) is 5.91. The molecule has 1 atom stereocenters. The summed E-state index contributed by atoms with van der Waals surface area (Å²) in [4.78, 5) is 21.9. The predicted molar refractivity (Wildman–Crippen MR) is 71.1 cm³/mol. The van der Waals surface area contributed by atoms with E-state index in [9.17, 15) is 14.9 Å². The topological polar surface area (TPSA) is 95.5 Å². The van der Waals surface area contributed by atoms with Crippen molar-refractivity contribution in [3.8, 4) is 16.9 Å². The number of nitro groups is 1. The van der Waals surface area contributed by atoms with Crippen molar-refractivity contribution in [2.45, 2.75) is 6.10 Å². The van der Waals surface area contributed by atoms with E-state index in [0.29, 0.717) is 16.9 Å². The molecule has 100 valence electrons. The Morgan fingerprint density at radius 1 is 1.20 bits per heavy atom. The standard InChI is InChI=1S/C14H10N2O4/c15-14(17)13-10-4-2-1-3-9(10)11-7-8(16(18)19)5-6-12(11)20-13/h1-7,13H,(H2,15,17). The number of nitro benzene ring substituents is 1. The van der Waals surface area contributed by atoms with Crippen LogP contribution >= 0.6 is 0 Å². The number of fused-ring (bicyclic) bond motifs is 3. The maximum Gasteiger partial charge on any atom is 0.270 e. The van der Waals surface area contributed by atoms with Crippen LogP contribution in [0, 0.1) is 10.1 Å². The van der Waals surface area contributed by atoms with Gasteiger partial charge in [0, 0.05) is 23.3 Å². The van der Waals surface area contributed by atoms with Crippen LogP contribution in [0.25, 0.3) is 11.1 Å². The lowest BCUT2D eigenvalue weighted by Gasteiger charge is -2.26. The molecule has 6 heteroatoms. The number of carbonyl (C=O) groups excluding carboxylic acids is 1. The van der Waals surface area contributed by atoms with Gasteiger partial charge in [0.1, 0.15) is 5.75 Å². The van der Waals surface area contributed by atoms with E-state index in [1.54, 1.807) is 24.3 Å². The Morgan fingerprint density at radius 3 is 2.65 bits per heavy atom. The minimum Gasteiger partial charge on any atom is -0.475 e. The van der Waals surface area contributed by atoms with Crippen LogP contribution in [0.5, 0.6) is 5.75 Å². The van der Waals surface area contributed by atoms with Gasteiger partial charge < -0.3 is 10.5 Å². The molecule has 2 aromatic rings. The average Bonchev–Trinajstić information content (AvgIpc) is 2.45. The number of amides is 1. The van der Waals surface area contributed by atoms with Crippen LogP contribution in [0.2, 0.25) is 0 Å². The Labute approximate surface area is 113 Å². The maximum atomic E-state index is 11.5. The number of rotatable bonds is 2. The minimum atomic E-state index is -0.875. The Hall–Kier alpha value is -2.89. The Balaban J connectivity index is 2.23. The van der Waals surface area contributed by atoms with Crippen LogP contribution in [0.4, 0.5) is 5.69 Å². The van der Waals surface area contributed by atoms with Gasteiger partial charge in [-0.2, -0.15) is 0 Å². The number of ether oxygens (including phenoxy) is 1. The van der Waals surface area contributed by atoms with Crippen molar-refractivity contribution in [3.05, 3.63) is 58.1 Å². The summed E-state index contributed by atoms with van der Waals surface area (Å²) in [6.45, 7) is 0. The Kier molecular flexibility index (Phi) is 2.64. The summed E-state index contributed by atoms with van der Waals surface area (Å²) in [5.74, 6) is -0.181. The smallest absolute Gasteiger partial charge is 0.270 e. The molecule has 6 nitrogen and oxygen atoms in total. The summed E-state index contributed by atoms with van der Waals surface area (Å²) in [6, 6.07) is 11.3. The van der Waals surface area contributed by atoms with Crippen molar-refractivity contribution in [2.24, 2.45) is 5.73 Å². The highest BCUT2D eigenvalue weighted by Gasteiger charge is 2.30. The van der Waals surface area contributed by atoms with Crippen molar-refractivity contribution in [1.29, 1.82) is 0 Å². The van der Waals surface area contributed by atoms with Gasteiger partial charge in [0.2, 0.25) is 6.10 Å². The number of primary amides is 1. The monoisotopic (exact) mass is 270 g/mol. The maximum absolute atomic E-state index is 11.5. The molecule has 0 aliphatic carbocycles. The van der Waals surface area contributed by atoms with E-state index in [2.05, 4.69) is 0 Å². The zero-order valence-corrected chi connectivity index (χ0v) is 10.3. The highest BCUT2D eigenvalue weighted by atomic mass is 16.6. The number of carbonyl (C=O) groups is 1. The molecule has 0 bridgehead atoms. The molecule has 1 unspecified atom stereocenters. The van der Waals surface area contributed by atoms with Crippen molar-refractivity contribution in [1.82, 2.24) is 0 Å². The Morgan fingerprint density at radius 2 is 1.95 bits per heavy atom. The molecule has 20 heavy (non-hydrogen) atoms. The van der Waals surface area contributed by atoms with Gasteiger partial charge in [0.15, 0.2) is 0 Å². The molecule has 1 aliphatic rings. The number of hydrogen-bond acceptors (Lipinski definition) is 4. The van der Waals surface area contributed by atoms with E-state index in [0.717, 1.165) is 5.56 Å². The molecule has 1 amide bonds. The van der Waals surface area contributed by atoms with Crippen molar-refractivity contribution < 1.29 is 14.5 Å². The molecular formula is C14H10N2O4. The fourth-order valence-corrected chi connectivity index (χ4v) is 2.32. The van der Waals surface area contributed by atoms with Gasteiger partial charge in [-0.15, -0.1) is 0 Å². The van der Waals surface area contributed by atoms with E-state index >= 15 is 0 Å². The van der Waals surface area contributed by atoms with Crippen LogP contribution in [0.3, 0.4) is 0 Å². The van der Waals surface area contributed by atoms with Gasteiger partial charge in [-0.25, -0.2) is 0 Å². The Bertz CT molecular complexity index is 727. The van der Waals surface area contributed by atoms with E-state index < -0.39 is 16.9 Å². The fraction of sp³-hybridized carbons (Fsp3) is 0.0714. The fourth-order valence-electron chi connectivity index (χ4n) is 2.32. The molecular weight excluding hydrogens is 260 g/mol. The van der Waals surface area contributed by atoms with E-state index in [1.165, 1.54) is 18.2 Å². The highest BCUT2D eigenvalue weighted by molar-refractivity contribution is 5.88. The van der Waals surface area contributed by atoms with Gasteiger partial charge in [-0.3, -0.25) is 14.9 Å². The largest absolute Gasteiger partial charge is 0.475 e. The van der Waals surface area contributed by atoms with Gasteiger partial charge in [-0.05, 0) is 11.6 Å². The third-order valence-corrected chi connectivity index (χ3v) is 3.21. The van der Waals surface area contributed by atoms with E-state index in [4.69, 9.17) is 10.5 Å². The second-order valence-electron chi connectivity index (χ2n) is 4.43. The normalized spacial score (nSPS) is 15.7. The summed E-state index contributed by atoms with van der Waals surface area (Å²) in [5, 5.41) is 10.9. The first-order chi connectivity index (χ1) is 9.58. The van der Waals surface area contributed by atoms with Crippen molar-refractivity contribution in [3.63, 3.8) is 0 Å². The molecule has 2 aromatic carbocycles. The third-order valence-electron chi connectivity index (χ3n) is 3.21. The highest BCUT2D eigenvalue weighted by Crippen LogP contribution is 2.43. The third kappa shape index (κ3) is 1.78. The molecule has 2 N–H and O–H groups in total. The average molecular weight is 270 g/mol. The molecule has 1 aliphatic heterocycles. The lowest BCUT2D eigenvalue weighted by molar-refractivity contribution is -0.384. The molecule has 0 radical (unpaired) electrons. The van der Waals surface area contributed by atoms with E-state index in [1.807, 2.05) is 0 Å². The molecule has 0 aromatic heterocycles. The molecule has 3 rings (SSSR count). The van der Waals surface area contributed by atoms with Crippen LogP contribution in [-0.2, 0) is 4.79 Å². The van der Waals surface area contributed by atoms with Crippen molar-refractivity contribution in [2.75, 3.05) is 0 Å². The predicted octanol–water partition coefficient (Wildman–Crippen LogP) is 2.18. The molecule has 0 fully saturated rings. The SMILES string of the molecule is NC(=O)C1Oc2ccc([N+](=O)[O-])cc2-c2ccccc21. The minimum absolute atomic E-state index is 0.0281. The molecule has 0 spiro atoms. The summed E-state index contributed by atoms with van der Waals surface area (Å²) in [5.41, 5.74) is 7.25. The lowest BCUT2D eigenvalue weighted by Crippen LogP contribution is -2.28. The zero-order valence-electron chi connectivity index (χ0n) is 10.3. The first-order valence-corrected chi connectivity index (χ1v) is 5.91. The van der Waals surface area contributed by atoms with Gasteiger partial charge >= 0.3 is 0 Å². The number of nitrogens with two attached hydrogens (primary N) is 1. The molecule has 0 saturated heterocycles. The first kappa shape index (κ1) is 12.2. The van der Waals surface area contributed by atoms with Gasteiger partial charge in [0.05, 0.1) is 4.92 Å². The molecule has 0 saturated carbocycles. The van der Waals surface area contributed by atoms with Crippen LogP contribution < -0.4 is 10.5 Å². The van der Waals surface area contributed by atoms with Crippen LogP contribution in [0.15, 0.2) is 42.5 Å². The van der Waals surface area contributed by atoms with Crippen LogP contribution in [0.1, 0.15) is 11.7 Å². The summed E-state index contributed by atoms with van der Waals surface area (Å²) < 4.78 is 5.56. The second kappa shape index (κ2) is 4.34. The summed E-state index contributed by atoms with van der Waals surface area (Å²) in [6.07, 6.45) is -0.875. The zero-order chi connectivity index (χ0) is 14.3. The van der Waals surface area contributed by atoms with Gasteiger partial charge in [0.25, 0.3) is 11.6 Å². The summed E-state index contributed by atoms with van der Waals surface area (Å²) >= 11 is 0. The number of non-ortho nitro benzene ring substituents is 1. The number of hydrogen-bond donors (Lipinski definition) is 1. The second-order valence-corrected chi connectivity index (χ2v) is 4.43. The number of benzene rings is 2.